The predicted molar refractivity (Wildman–Crippen MR) is 94.4 cm³/mol. The minimum absolute atomic E-state index is 0.190. The summed E-state index contributed by atoms with van der Waals surface area (Å²) in [4.78, 5) is 7.96. The molecule has 1 aromatic carbocycles. The second-order valence-electron chi connectivity index (χ2n) is 7.07. The van der Waals surface area contributed by atoms with Gasteiger partial charge in [0.15, 0.2) is 0 Å². The number of aliphatic hydroxyl groups is 1. The molecule has 4 N–H and O–H groups in total. The SMILES string of the molecule is CC(C)(Nc1ncc(C2CC(O)C2)cn1)c1cccc(F)c1S(N)(=O)=O. The number of halogens is 1. The number of sulfonamides is 1. The summed E-state index contributed by atoms with van der Waals surface area (Å²) in [6, 6.07) is 3.98. The molecule has 26 heavy (non-hydrogen) atoms. The van der Waals surface area contributed by atoms with E-state index in [0.29, 0.717) is 12.8 Å². The molecule has 2 aromatic rings. The maximum absolute atomic E-state index is 14.1. The summed E-state index contributed by atoms with van der Waals surface area (Å²) in [6.07, 6.45) is 4.48. The predicted octanol–water partition coefficient (Wildman–Crippen LogP) is 1.85. The highest BCUT2D eigenvalue weighted by Crippen LogP contribution is 2.36. The highest BCUT2D eigenvalue weighted by atomic mass is 32.2. The van der Waals surface area contributed by atoms with E-state index >= 15 is 0 Å². The molecule has 1 fully saturated rings. The first-order valence-corrected chi connectivity index (χ1v) is 9.72. The van der Waals surface area contributed by atoms with E-state index in [1.165, 1.54) is 12.1 Å². The van der Waals surface area contributed by atoms with Gasteiger partial charge in [-0.3, -0.25) is 0 Å². The van der Waals surface area contributed by atoms with Gasteiger partial charge in [0.1, 0.15) is 10.7 Å². The largest absolute Gasteiger partial charge is 0.393 e. The first-order valence-electron chi connectivity index (χ1n) is 8.18. The number of aromatic nitrogens is 2. The van der Waals surface area contributed by atoms with Crippen LogP contribution in [-0.2, 0) is 15.6 Å². The molecule has 1 aliphatic carbocycles. The third kappa shape index (κ3) is 3.69. The molecular weight excluding hydrogens is 359 g/mol. The lowest BCUT2D eigenvalue weighted by molar-refractivity contribution is 0.0744. The molecule has 1 saturated carbocycles. The fraction of sp³-hybridized carbons (Fsp3) is 0.412. The van der Waals surface area contributed by atoms with E-state index in [-0.39, 0.29) is 23.5 Å². The topological polar surface area (TPSA) is 118 Å². The molecule has 140 valence electrons. The van der Waals surface area contributed by atoms with Crippen LogP contribution in [0.15, 0.2) is 35.5 Å². The van der Waals surface area contributed by atoms with Crippen LogP contribution < -0.4 is 10.5 Å². The molecule has 0 unspecified atom stereocenters. The zero-order valence-corrected chi connectivity index (χ0v) is 15.3. The molecule has 1 aromatic heterocycles. The number of nitrogens with one attached hydrogen (secondary N) is 1. The van der Waals surface area contributed by atoms with Gasteiger partial charge in [0.2, 0.25) is 16.0 Å². The molecule has 9 heteroatoms. The van der Waals surface area contributed by atoms with Crippen molar-refractivity contribution in [3.05, 3.63) is 47.5 Å². The molecule has 0 aliphatic heterocycles. The summed E-state index contributed by atoms with van der Waals surface area (Å²) in [7, 11) is -4.24. The van der Waals surface area contributed by atoms with E-state index < -0.39 is 26.3 Å². The Balaban J connectivity index is 1.87. The average molecular weight is 380 g/mol. The Labute approximate surface area is 151 Å². The van der Waals surface area contributed by atoms with Gasteiger partial charge in [0.05, 0.1) is 11.6 Å². The third-order valence-electron chi connectivity index (χ3n) is 4.61. The van der Waals surface area contributed by atoms with Gasteiger partial charge >= 0.3 is 0 Å². The molecule has 0 bridgehead atoms. The smallest absolute Gasteiger partial charge is 0.241 e. The van der Waals surface area contributed by atoms with Crippen LogP contribution in [0.5, 0.6) is 0 Å². The zero-order chi connectivity index (χ0) is 19.1. The number of hydrogen-bond donors (Lipinski definition) is 3. The lowest BCUT2D eigenvalue weighted by Crippen LogP contribution is -2.32. The Morgan fingerprint density at radius 3 is 2.42 bits per heavy atom. The van der Waals surface area contributed by atoms with Crippen LogP contribution in [0.1, 0.15) is 43.7 Å². The monoisotopic (exact) mass is 380 g/mol. The van der Waals surface area contributed by atoms with Crippen LogP contribution >= 0.6 is 0 Å². The summed E-state index contributed by atoms with van der Waals surface area (Å²) in [5, 5.41) is 17.6. The zero-order valence-electron chi connectivity index (χ0n) is 14.5. The van der Waals surface area contributed by atoms with Crippen molar-refractivity contribution in [2.24, 2.45) is 5.14 Å². The highest BCUT2D eigenvalue weighted by molar-refractivity contribution is 7.89. The van der Waals surface area contributed by atoms with Crippen molar-refractivity contribution < 1.29 is 17.9 Å². The molecule has 0 saturated heterocycles. The van der Waals surface area contributed by atoms with Crippen LogP contribution in [0.25, 0.3) is 0 Å². The van der Waals surface area contributed by atoms with Crippen molar-refractivity contribution in [3.8, 4) is 0 Å². The average Bonchev–Trinajstić information content (AvgIpc) is 2.51. The molecule has 1 aliphatic rings. The minimum atomic E-state index is -4.24. The van der Waals surface area contributed by atoms with Gasteiger partial charge in [-0.15, -0.1) is 0 Å². The molecule has 0 radical (unpaired) electrons. The first kappa shape index (κ1) is 18.7. The van der Waals surface area contributed by atoms with Crippen molar-refractivity contribution in [2.45, 2.75) is 49.1 Å². The maximum atomic E-state index is 14.1. The third-order valence-corrected chi connectivity index (χ3v) is 5.59. The van der Waals surface area contributed by atoms with Crippen LogP contribution in [0.2, 0.25) is 0 Å². The fourth-order valence-corrected chi connectivity index (χ4v) is 4.08. The second kappa shape index (κ2) is 6.57. The van der Waals surface area contributed by atoms with E-state index in [1.54, 1.807) is 26.2 Å². The number of rotatable bonds is 5. The second-order valence-corrected chi connectivity index (χ2v) is 8.57. The van der Waals surface area contributed by atoms with Gasteiger partial charge < -0.3 is 10.4 Å². The van der Waals surface area contributed by atoms with Crippen LogP contribution in [0.4, 0.5) is 10.3 Å². The fourth-order valence-electron chi connectivity index (χ4n) is 3.11. The Bertz CT molecular complexity index is 910. The Kier molecular flexibility index (Phi) is 4.72. The van der Waals surface area contributed by atoms with E-state index in [4.69, 9.17) is 5.14 Å². The van der Waals surface area contributed by atoms with Crippen LogP contribution in [0, 0.1) is 5.82 Å². The van der Waals surface area contributed by atoms with Crippen molar-refractivity contribution in [1.82, 2.24) is 9.97 Å². The molecule has 0 amide bonds. The highest BCUT2D eigenvalue weighted by Gasteiger charge is 2.31. The lowest BCUT2D eigenvalue weighted by atomic mass is 9.79. The summed E-state index contributed by atoms with van der Waals surface area (Å²) < 4.78 is 37.7. The minimum Gasteiger partial charge on any atom is -0.393 e. The molecule has 0 spiro atoms. The number of nitrogens with zero attached hydrogens (tertiary/aromatic N) is 2. The van der Waals surface area contributed by atoms with Crippen molar-refractivity contribution in [1.29, 1.82) is 0 Å². The number of primary sulfonamides is 1. The molecule has 7 nitrogen and oxygen atoms in total. The van der Waals surface area contributed by atoms with Crippen molar-refractivity contribution >= 4 is 16.0 Å². The van der Waals surface area contributed by atoms with E-state index in [0.717, 1.165) is 11.6 Å². The van der Waals surface area contributed by atoms with Crippen molar-refractivity contribution in [3.63, 3.8) is 0 Å². The maximum Gasteiger partial charge on any atom is 0.241 e. The number of benzene rings is 1. The summed E-state index contributed by atoms with van der Waals surface area (Å²) in [5.41, 5.74) is 0.141. The van der Waals surface area contributed by atoms with Gasteiger partial charge in [-0.2, -0.15) is 0 Å². The molecule has 3 rings (SSSR count). The standard InChI is InChI=1S/C17H21FN4O3S/c1-17(2,13-4-3-5-14(18)15(13)26(19,24)25)22-16-20-8-11(9-21-16)10-6-12(23)7-10/h3-5,8-10,12,23H,6-7H2,1-2H3,(H2,19,24,25)(H,20,21,22). The van der Waals surface area contributed by atoms with E-state index in [1.807, 2.05) is 0 Å². The number of aliphatic hydroxyl groups excluding tert-OH is 1. The Hall–Kier alpha value is -2.10. The first-order chi connectivity index (χ1) is 12.1. The van der Waals surface area contributed by atoms with Gasteiger partial charge in [-0.25, -0.2) is 27.9 Å². The molecule has 0 atom stereocenters. The van der Waals surface area contributed by atoms with Gasteiger partial charge in [0, 0.05) is 12.4 Å². The molecular formula is C17H21FN4O3S. The molecule has 1 heterocycles. The van der Waals surface area contributed by atoms with Crippen molar-refractivity contribution in [2.75, 3.05) is 5.32 Å². The van der Waals surface area contributed by atoms with E-state index in [9.17, 15) is 17.9 Å². The van der Waals surface area contributed by atoms with Gasteiger partial charge in [-0.05, 0) is 49.8 Å². The number of nitrogens with two attached hydrogens (primary N) is 1. The Morgan fingerprint density at radius 1 is 1.27 bits per heavy atom. The van der Waals surface area contributed by atoms with Gasteiger partial charge in [-0.1, -0.05) is 12.1 Å². The summed E-state index contributed by atoms with van der Waals surface area (Å²) >= 11 is 0. The van der Waals surface area contributed by atoms with Crippen LogP contribution in [-0.4, -0.2) is 29.6 Å². The number of hydrogen-bond acceptors (Lipinski definition) is 6. The van der Waals surface area contributed by atoms with E-state index in [2.05, 4.69) is 15.3 Å². The van der Waals surface area contributed by atoms with Crippen LogP contribution in [0.3, 0.4) is 0 Å². The summed E-state index contributed by atoms with van der Waals surface area (Å²) in [5.74, 6) is -0.368. The normalized spacial score (nSPS) is 20.5. The summed E-state index contributed by atoms with van der Waals surface area (Å²) in [6.45, 7) is 3.38. The number of anilines is 1. The Morgan fingerprint density at radius 2 is 1.88 bits per heavy atom. The lowest BCUT2D eigenvalue weighted by Gasteiger charge is -2.31. The quantitative estimate of drug-likeness (QED) is 0.728. The van der Waals surface area contributed by atoms with Gasteiger partial charge in [0.25, 0.3) is 0 Å².